The molecule has 2 aliphatic rings. The first kappa shape index (κ1) is 11.7. The molecule has 2 heterocycles. The van der Waals surface area contributed by atoms with Gasteiger partial charge in [-0.1, -0.05) is 0 Å². The zero-order valence-electron chi connectivity index (χ0n) is 10.6. The smallest absolute Gasteiger partial charge is 0.131 e. The molecule has 5 heteroatoms. The molecule has 2 fully saturated rings. The summed E-state index contributed by atoms with van der Waals surface area (Å²) >= 11 is 0. The van der Waals surface area contributed by atoms with Crippen LogP contribution in [-0.2, 0) is 4.74 Å². The third-order valence-corrected chi connectivity index (χ3v) is 3.38. The topological polar surface area (TPSA) is 59.1 Å². The minimum atomic E-state index is 0.327. The normalized spacial score (nSPS) is 23.7. The maximum Gasteiger partial charge on any atom is 0.131 e. The van der Waals surface area contributed by atoms with Crippen molar-refractivity contribution in [3.63, 3.8) is 0 Å². The predicted octanol–water partition coefficient (Wildman–Crippen LogP) is 2.03. The van der Waals surface area contributed by atoms with E-state index in [-0.39, 0.29) is 0 Å². The molecule has 1 aromatic heterocycles. The van der Waals surface area contributed by atoms with Crippen LogP contribution in [0.4, 0.5) is 11.6 Å². The Labute approximate surface area is 107 Å². The fraction of sp³-hybridized carbons (Fsp3) is 0.692. The van der Waals surface area contributed by atoms with Crippen molar-refractivity contribution in [2.24, 2.45) is 0 Å². The Bertz CT molecular complexity index is 388. The van der Waals surface area contributed by atoms with Crippen molar-refractivity contribution in [1.29, 1.82) is 0 Å². The molecule has 1 aromatic rings. The number of rotatable bonds is 5. The molecule has 18 heavy (non-hydrogen) atoms. The first-order valence-electron chi connectivity index (χ1n) is 6.84. The lowest BCUT2D eigenvalue weighted by atomic mass is 10.1. The zero-order chi connectivity index (χ0) is 12.2. The van der Waals surface area contributed by atoms with E-state index in [4.69, 9.17) is 4.74 Å². The van der Waals surface area contributed by atoms with Gasteiger partial charge in [-0.3, -0.25) is 0 Å². The van der Waals surface area contributed by atoms with Crippen LogP contribution < -0.4 is 10.6 Å². The molecular weight excluding hydrogens is 228 g/mol. The second-order valence-electron chi connectivity index (χ2n) is 5.08. The van der Waals surface area contributed by atoms with Crippen LogP contribution in [0, 0.1) is 0 Å². The molecule has 1 saturated heterocycles. The molecule has 0 aromatic carbocycles. The van der Waals surface area contributed by atoms with E-state index in [1.807, 2.05) is 6.07 Å². The summed E-state index contributed by atoms with van der Waals surface area (Å²) in [6, 6.07) is 2.59. The average Bonchev–Trinajstić information content (AvgIpc) is 3.22. The van der Waals surface area contributed by atoms with Gasteiger partial charge in [0.2, 0.25) is 0 Å². The number of hydrogen-bond donors (Lipinski definition) is 2. The van der Waals surface area contributed by atoms with Crippen molar-refractivity contribution in [3.05, 3.63) is 12.4 Å². The molecule has 1 aliphatic carbocycles. The van der Waals surface area contributed by atoms with Crippen LogP contribution >= 0.6 is 0 Å². The van der Waals surface area contributed by atoms with E-state index >= 15 is 0 Å². The van der Waals surface area contributed by atoms with Gasteiger partial charge in [0.1, 0.15) is 18.0 Å². The summed E-state index contributed by atoms with van der Waals surface area (Å²) in [5, 5.41) is 6.70. The second kappa shape index (κ2) is 5.52. The molecule has 0 spiro atoms. The monoisotopic (exact) mass is 248 g/mol. The highest BCUT2D eigenvalue weighted by Gasteiger charge is 2.21. The minimum Gasteiger partial charge on any atom is -0.376 e. The number of ether oxygens (including phenoxy) is 1. The van der Waals surface area contributed by atoms with Gasteiger partial charge in [-0.15, -0.1) is 0 Å². The van der Waals surface area contributed by atoms with Crippen LogP contribution in [0.5, 0.6) is 0 Å². The van der Waals surface area contributed by atoms with Crippen molar-refractivity contribution >= 4 is 11.6 Å². The molecule has 3 rings (SSSR count). The van der Waals surface area contributed by atoms with E-state index in [2.05, 4.69) is 20.6 Å². The maximum absolute atomic E-state index is 5.68. The summed E-state index contributed by atoms with van der Waals surface area (Å²) in [5.41, 5.74) is 0. The van der Waals surface area contributed by atoms with Gasteiger partial charge in [0.15, 0.2) is 0 Å². The van der Waals surface area contributed by atoms with Crippen molar-refractivity contribution in [2.45, 2.75) is 44.2 Å². The summed E-state index contributed by atoms with van der Waals surface area (Å²) in [7, 11) is 0. The fourth-order valence-corrected chi connectivity index (χ4v) is 2.16. The standard InChI is InChI=1S/C13H20N4O/c1-2-6-18-11(3-1)8-14-12-7-13(16-9-15-12)17-10-4-5-10/h7,9-11H,1-6,8H2,(H2,14,15,16,17). The molecule has 2 N–H and O–H groups in total. The van der Waals surface area contributed by atoms with Crippen LogP contribution in [0.1, 0.15) is 32.1 Å². The van der Waals surface area contributed by atoms with Gasteiger partial charge >= 0.3 is 0 Å². The van der Waals surface area contributed by atoms with Crippen LogP contribution in [0.3, 0.4) is 0 Å². The van der Waals surface area contributed by atoms with Gasteiger partial charge in [-0.05, 0) is 32.1 Å². The Morgan fingerprint density at radius 1 is 1.17 bits per heavy atom. The lowest BCUT2D eigenvalue weighted by molar-refractivity contribution is 0.0247. The van der Waals surface area contributed by atoms with Gasteiger partial charge in [0, 0.05) is 25.3 Å². The summed E-state index contributed by atoms with van der Waals surface area (Å²) in [4.78, 5) is 8.45. The largest absolute Gasteiger partial charge is 0.376 e. The number of nitrogens with zero attached hydrogens (tertiary/aromatic N) is 2. The molecule has 1 unspecified atom stereocenters. The first-order chi connectivity index (χ1) is 8.90. The Hall–Kier alpha value is -1.36. The molecule has 1 saturated carbocycles. The Morgan fingerprint density at radius 3 is 2.83 bits per heavy atom. The van der Waals surface area contributed by atoms with Gasteiger partial charge in [-0.2, -0.15) is 0 Å². The highest BCUT2D eigenvalue weighted by atomic mass is 16.5. The molecule has 0 radical (unpaired) electrons. The van der Waals surface area contributed by atoms with Crippen LogP contribution in [0.2, 0.25) is 0 Å². The van der Waals surface area contributed by atoms with Gasteiger partial charge in [0.25, 0.3) is 0 Å². The summed E-state index contributed by atoms with van der Waals surface area (Å²) < 4.78 is 5.68. The number of hydrogen-bond acceptors (Lipinski definition) is 5. The summed E-state index contributed by atoms with van der Waals surface area (Å²) in [5.74, 6) is 1.79. The number of aromatic nitrogens is 2. The third-order valence-electron chi connectivity index (χ3n) is 3.38. The van der Waals surface area contributed by atoms with E-state index in [0.717, 1.165) is 31.2 Å². The lowest BCUT2D eigenvalue weighted by Crippen LogP contribution is -2.27. The summed E-state index contributed by atoms with van der Waals surface area (Å²) in [6.07, 6.45) is 8.05. The lowest BCUT2D eigenvalue weighted by Gasteiger charge is -2.22. The Morgan fingerprint density at radius 2 is 2.06 bits per heavy atom. The SMILES string of the molecule is c1nc(NCC2CCCCO2)cc(NC2CC2)n1. The van der Waals surface area contributed by atoms with E-state index in [1.165, 1.54) is 25.7 Å². The highest BCUT2D eigenvalue weighted by Crippen LogP contribution is 2.24. The van der Waals surface area contributed by atoms with Crippen molar-refractivity contribution in [3.8, 4) is 0 Å². The average molecular weight is 248 g/mol. The molecule has 1 atom stereocenters. The van der Waals surface area contributed by atoms with Crippen LogP contribution in [0.15, 0.2) is 12.4 Å². The first-order valence-corrected chi connectivity index (χ1v) is 6.84. The highest BCUT2D eigenvalue weighted by molar-refractivity contribution is 5.47. The Balaban J connectivity index is 1.51. The quantitative estimate of drug-likeness (QED) is 0.835. The predicted molar refractivity (Wildman–Crippen MR) is 70.8 cm³/mol. The molecule has 5 nitrogen and oxygen atoms in total. The molecule has 98 valence electrons. The van der Waals surface area contributed by atoms with Gasteiger partial charge in [0.05, 0.1) is 6.10 Å². The van der Waals surface area contributed by atoms with Gasteiger partial charge in [-0.25, -0.2) is 9.97 Å². The number of nitrogens with one attached hydrogen (secondary N) is 2. The molecule has 0 bridgehead atoms. The molecular formula is C13H20N4O. The van der Waals surface area contributed by atoms with E-state index in [1.54, 1.807) is 6.33 Å². The maximum atomic E-state index is 5.68. The van der Waals surface area contributed by atoms with E-state index in [9.17, 15) is 0 Å². The summed E-state index contributed by atoms with van der Waals surface area (Å²) in [6.45, 7) is 1.73. The van der Waals surface area contributed by atoms with Crippen molar-refractivity contribution in [2.75, 3.05) is 23.8 Å². The van der Waals surface area contributed by atoms with Crippen LogP contribution in [-0.4, -0.2) is 35.3 Å². The fourth-order valence-electron chi connectivity index (χ4n) is 2.16. The van der Waals surface area contributed by atoms with Crippen LogP contribution in [0.25, 0.3) is 0 Å². The Kier molecular flexibility index (Phi) is 3.59. The molecule has 1 aliphatic heterocycles. The van der Waals surface area contributed by atoms with E-state index < -0.39 is 0 Å². The molecule has 0 amide bonds. The van der Waals surface area contributed by atoms with Gasteiger partial charge < -0.3 is 15.4 Å². The number of anilines is 2. The van der Waals surface area contributed by atoms with Crippen molar-refractivity contribution < 1.29 is 4.74 Å². The minimum absolute atomic E-state index is 0.327. The van der Waals surface area contributed by atoms with Crippen molar-refractivity contribution in [1.82, 2.24) is 9.97 Å². The third kappa shape index (κ3) is 3.32. The van der Waals surface area contributed by atoms with E-state index in [0.29, 0.717) is 12.1 Å². The second-order valence-corrected chi connectivity index (χ2v) is 5.08. The zero-order valence-corrected chi connectivity index (χ0v) is 10.6.